The molecule has 0 fully saturated rings. The zero-order chi connectivity index (χ0) is 47.8. The average Bonchev–Trinajstić information content (AvgIpc) is 3.26. The minimum absolute atomic E-state index is 0.000331. The van der Waals surface area contributed by atoms with Crippen LogP contribution in [0.1, 0.15) is 264 Å². The summed E-state index contributed by atoms with van der Waals surface area (Å²) in [5.41, 5.74) is 0. The van der Waals surface area contributed by atoms with Crippen LogP contribution in [0, 0.1) is 0 Å². The molecule has 0 aliphatic heterocycles. The standard InChI is InChI=1S/C56H109N2O6P/c1-6-8-10-12-14-16-18-20-21-22-23-24-25-26-27-28-29-30-31-32-33-34-35-36-37-38-40-42-44-46-48-50-56(60)57-54(53-64-65(61,62)63-52-51-58(3,4)5)55(59)49-47-45-43-41-39-19-17-15-13-11-9-7-2/h18,20,22-23,47,49,54-55,59H,6-17,19,21,24-46,48,50-53H2,1-5H3,(H-,57,60,61,62)/b20-18-,23-22-,49-47+. The molecule has 0 aromatic carbocycles. The number of allylic oxidation sites excluding steroid dienone is 5. The number of nitrogens with one attached hydrogen (secondary N) is 1. The first-order valence-corrected chi connectivity index (χ1v) is 29.3. The van der Waals surface area contributed by atoms with Gasteiger partial charge in [0.05, 0.1) is 39.9 Å². The number of carbonyl (C=O) groups is 1. The van der Waals surface area contributed by atoms with Crippen LogP contribution in [-0.2, 0) is 18.4 Å². The van der Waals surface area contributed by atoms with Gasteiger partial charge in [0.1, 0.15) is 13.2 Å². The molecule has 0 aliphatic rings. The zero-order valence-electron chi connectivity index (χ0n) is 43.7. The third-order valence-corrected chi connectivity index (χ3v) is 13.6. The Morgan fingerprint density at radius 3 is 1.28 bits per heavy atom. The number of amides is 1. The topological polar surface area (TPSA) is 108 Å². The van der Waals surface area contributed by atoms with Gasteiger partial charge in [0, 0.05) is 6.42 Å². The second-order valence-electron chi connectivity index (χ2n) is 20.3. The van der Waals surface area contributed by atoms with Crippen LogP contribution in [0.25, 0.3) is 0 Å². The molecular formula is C56H109N2O6P. The second-order valence-corrected chi connectivity index (χ2v) is 21.7. The van der Waals surface area contributed by atoms with Crippen LogP contribution in [0.3, 0.4) is 0 Å². The zero-order valence-corrected chi connectivity index (χ0v) is 44.6. The highest BCUT2D eigenvalue weighted by molar-refractivity contribution is 7.45. The third-order valence-electron chi connectivity index (χ3n) is 12.6. The summed E-state index contributed by atoms with van der Waals surface area (Å²) in [5.74, 6) is -0.195. The molecule has 65 heavy (non-hydrogen) atoms. The average molecular weight is 937 g/mol. The Hall–Kier alpha value is -1.28. The molecule has 0 aromatic heterocycles. The number of nitrogens with zero attached hydrogens (tertiary/aromatic N) is 1. The summed E-state index contributed by atoms with van der Waals surface area (Å²) in [6.45, 7) is 4.65. The van der Waals surface area contributed by atoms with Crippen molar-refractivity contribution in [2.45, 2.75) is 276 Å². The minimum atomic E-state index is -4.59. The Morgan fingerprint density at radius 2 is 0.892 bits per heavy atom. The fraction of sp³-hybridized carbons (Fsp3) is 0.875. The smallest absolute Gasteiger partial charge is 0.268 e. The predicted molar refractivity (Wildman–Crippen MR) is 279 cm³/mol. The summed E-state index contributed by atoms with van der Waals surface area (Å²) >= 11 is 0. The Bertz CT molecular complexity index is 1150. The van der Waals surface area contributed by atoms with Gasteiger partial charge in [-0.05, 0) is 51.4 Å². The van der Waals surface area contributed by atoms with E-state index < -0.39 is 20.0 Å². The van der Waals surface area contributed by atoms with Crippen LogP contribution < -0.4 is 10.2 Å². The van der Waals surface area contributed by atoms with Gasteiger partial charge in [-0.3, -0.25) is 9.36 Å². The Morgan fingerprint density at radius 1 is 0.538 bits per heavy atom. The van der Waals surface area contributed by atoms with Gasteiger partial charge in [-0.1, -0.05) is 243 Å². The first kappa shape index (κ1) is 63.7. The van der Waals surface area contributed by atoms with E-state index in [-0.39, 0.29) is 19.1 Å². The van der Waals surface area contributed by atoms with Crippen LogP contribution in [-0.4, -0.2) is 68.5 Å². The summed E-state index contributed by atoms with van der Waals surface area (Å²) in [6, 6.07) is -0.883. The van der Waals surface area contributed by atoms with Crippen molar-refractivity contribution in [2.75, 3.05) is 40.9 Å². The lowest BCUT2D eigenvalue weighted by atomic mass is 10.0. The first-order chi connectivity index (χ1) is 31.5. The van der Waals surface area contributed by atoms with Gasteiger partial charge in [0.15, 0.2) is 0 Å². The van der Waals surface area contributed by atoms with E-state index in [1.165, 1.54) is 199 Å². The number of likely N-dealkylation sites (N-methyl/N-ethyl adjacent to an activating group) is 1. The molecule has 0 aromatic rings. The lowest BCUT2D eigenvalue weighted by molar-refractivity contribution is -0.870. The van der Waals surface area contributed by atoms with Crippen molar-refractivity contribution in [2.24, 2.45) is 0 Å². The maximum atomic E-state index is 12.9. The number of phosphoric acid groups is 1. The molecule has 0 saturated carbocycles. The SMILES string of the molecule is CCCCCCC/C=C\C/C=C\CCCCCCCCCCCCCCCCCCCCCC(=O)NC(COP(=O)([O-])OCC[N+](C)(C)C)C(O)/C=C/CCCCCCCCCCCC. The van der Waals surface area contributed by atoms with Crippen LogP contribution in [0.5, 0.6) is 0 Å². The molecule has 0 spiro atoms. The number of hydrogen-bond donors (Lipinski definition) is 2. The van der Waals surface area contributed by atoms with Crippen molar-refractivity contribution in [1.82, 2.24) is 5.32 Å². The van der Waals surface area contributed by atoms with Crippen LogP contribution >= 0.6 is 7.82 Å². The summed E-state index contributed by atoms with van der Waals surface area (Å²) in [4.78, 5) is 25.4. The van der Waals surface area contributed by atoms with E-state index >= 15 is 0 Å². The van der Waals surface area contributed by atoms with Crippen LogP contribution in [0.2, 0.25) is 0 Å². The van der Waals surface area contributed by atoms with Crippen molar-refractivity contribution < 1.29 is 32.9 Å². The number of carbonyl (C=O) groups excluding carboxylic acids is 1. The summed E-state index contributed by atoms with van der Waals surface area (Å²) in [5, 5.41) is 13.8. The normalized spacial score (nSPS) is 14.3. The van der Waals surface area contributed by atoms with Gasteiger partial charge in [0.2, 0.25) is 5.91 Å². The van der Waals surface area contributed by atoms with Gasteiger partial charge in [-0.2, -0.15) is 0 Å². The molecule has 0 heterocycles. The lowest BCUT2D eigenvalue weighted by Gasteiger charge is -2.29. The molecule has 0 rings (SSSR count). The van der Waals surface area contributed by atoms with E-state index in [0.717, 1.165) is 44.9 Å². The van der Waals surface area contributed by atoms with Crippen LogP contribution in [0.4, 0.5) is 0 Å². The predicted octanol–water partition coefficient (Wildman–Crippen LogP) is 16.0. The van der Waals surface area contributed by atoms with Crippen LogP contribution in [0.15, 0.2) is 36.5 Å². The molecule has 3 atom stereocenters. The van der Waals surface area contributed by atoms with Crippen molar-refractivity contribution in [3.63, 3.8) is 0 Å². The summed E-state index contributed by atoms with van der Waals surface area (Å²) in [6.07, 6.45) is 60.8. The second kappa shape index (κ2) is 47.8. The Kier molecular flexibility index (Phi) is 46.8. The number of aliphatic hydroxyl groups excluding tert-OH is 1. The highest BCUT2D eigenvalue weighted by Crippen LogP contribution is 2.38. The van der Waals surface area contributed by atoms with E-state index in [2.05, 4.69) is 43.5 Å². The molecule has 2 N–H and O–H groups in total. The molecule has 1 amide bonds. The number of rotatable bonds is 51. The highest BCUT2D eigenvalue weighted by Gasteiger charge is 2.23. The number of quaternary nitrogens is 1. The molecule has 0 aliphatic carbocycles. The number of aliphatic hydroxyl groups is 1. The van der Waals surface area contributed by atoms with Crippen molar-refractivity contribution in [1.29, 1.82) is 0 Å². The number of phosphoric ester groups is 1. The van der Waals surface area contributed by atoms with Gasteiger partial charge in [0.25, 0.3) is 7.82 Å². The molecule has 0 bridgehead atoms. The molecule has 0 saturated heterocycles. The molecular weight excluding hydrogens is 828 g/mol. The van der Waals surface area contributed by atoms with E-state index in [4.69, 9.17) is 9.05 Å². The number of unbranched alkanes of at least 4 members (excludes halogenated alkanes) is 34. The minimum Gasteiger partial charge on any atom is -0.756 e. The van der Waals surface area contributed by atoms with Gasteiger partial charge in [-0.25, -0.2) is 0 Å². The lowest BCUT2D eigenvalue weighted by Crippen LogP contribution is -2.45. The third kappa shape index (κ3) is 50.4. The molecule has 9 heteroatoms. The molecule has 384 valence electrons. The van der Waals surface area contributed by atoms with Crippen molar-refractivity contribution in [3.05, 3.63) is 36.5 Å². The molecule has 3 unspecified atom stereocenters. The molecule has 0 radical (unpaired) electrons. The Labute approximate surface area is 404 Å². The van der Waals surface area contributed by atoms with E-state index in [1.54, 1.807) is 6.08 Å². The quantitative estimate of drug-likeness (QED) is 0.0272. The summed E-state index contributed by atoms with van der Waals surface area (Å²) < 4.78 is 23.3. The summed E-state index contributed by atoms with van der Waals surface area (Å²) in [7, 11) is 1.27. The van der Waals surface area contributed by atoms with E-state index in [9.17, 15) is 19.4 Å². The maximum Gasteiger partial charge on any atom is 0.268 e. The first-order valence-electron chi connectivity index (χ1n) is 27.9. The van der Waals surface area contributed by atoms with E-state index in [1.807, 2.05) is 27.2 Å². The fourth-order valence-corrected chi connectivity index (χ4v) is 8.91. The highest BCUT2D eigenvalue weighted by atomic mass is 31.2. The number of hydrogen-bond acceptors (Lipinski definition) is 6. The van der Waals surface area contributed by atoms with Crippen molar-refractivity contribution in [3.8, 4) is 0 Å². The molecule has 8 nitrogen and oxygen atoms in total. The van der Waals surface area contributed by atoms with Gasteiger partial charge >= 0.3 is 0 Å². The van der Waals surface area contributed by atoms with E-state index in [0.29, 0.717) is 17.4 Å². The maximum absolute atomic E-state index is 12.9. The van der Waals surface area contributed by atoms with Gasteiger partial charge in [-0.15, -0.1) is 0 Å². The fourth-order valence-electron chi connectivity index (χ4n) is 8.18. The van der Waals surface area contributed by atoms with Crippen molar-refractivity contribution >= 4 is 13.7 Å². The monoisotopic (exact) mass is 937 g/mol. The Balaban J connectivity index is 4.02. The van der Waals surface area contributed by atoms with Gasteiger partial charge < -0.3 is 28.8 Å². The largest absolute Gasteiger partial charge is 0.756 e.